The monoisotopic (exact) mass is 816 g/mol. The number of hydrogen-bond donors (Lipinski definition) is 2. The van der Waals surface area contributed by atoms with Gasteiger partial charge in [-0.25, -0.2) is 4.90 Å². The van der Waals surface area contributed by atoms with Gasteiger partial charge in [0.15, 0.2) is 5.69 Å². The van der Waals surface area contributed by atoms with Crippen molar-refractivity contribution in [3.63, 3.8) is 0 Å². The van der Waals surface area contributed by atoms with E-state index in [0.717, 1.165) is 27.6 Å². The fraction of sp³-hybridized carbons (Fsp3) is 0.302. The Morgan fingerprint density at radius 3 is 1.98 bits per heavy atom. The number of anilines is 3. The highest BCUT2D eigenvalue weighted by molar-refractivity contribution is 6.23. The maximum Gasteiger partial charge on any atom is 0.301 e. The van der Waals surface area contributed by atoms with E-state index >= 15 is 9.59 Å². The van der Waals surface area contributed by atoms with E-state index in [2.05, 4.69) is 5.43 Å². The number of carbonyl (C=O) groups excluding carboxylic acids is 4. The van der Waals surface area contributed by atoms with Crippen LogP contribution in [0.5, 0.6) is 17.2 Å². The third-order valence-corrected chi connectivity index (χ3v) is 12.4. The predicted molar refractivity (Wildman–Crippen MR) is 217 cm³/mol. The van der Waals surface area contributed by atoms with Gasteiger partial charge in [0.2, 0.25) is 11.8 Å². The maximum atomic E-state index is 15.5. The molecule has 4 amide bonds. The maximum absolute atomic E-state index is 15.5. The number of nitro benzene ring substituents is 2. The number of methoxy groups -OCH3 is 2. The lowest BCUT2D eigenvalue weighted by Gasteiger charge is -2.51. The smallest absolute Gasteiger partial charge is 0.301 e. The number of nitrogens with zero attached hydrogens (tertiary/aromatic N) is 5. The second-order valence-electron chi connectivity index (χ2n) is 15.6. The average Bonchev–Trinajstić information content (AvgIpc) is 3.61. The predicted octanol–water partition coefficient (Wildman–Crippen LogP) is 5.79. The van der Waals surface area contributed by atoms with E-state index in [1.54, 1.807) is 48.5 Å². The fourth-order valence-corrected chi connectivity index (χ4v) is 9.98. The van der Waals surface area contributed by atoms with E-state index < -0.39 is 79.9 Å². The number of allylic oxidation sites excluding steroid dienone is 2. The highest BCUT2D eigenvalue weighted by Gasteiger charge is 2.71. The Hall–Kier alpha value is -7.30. The van der Waals surface area contributed by atoms with E-state index in [0.29, 0.717) is 22.4 Å². The molecule has 8 rings (SSSR count). The number of phenols is 1. The summed E-state index contributed by atoms with van der Waals surface area (Å²) in [5.74, 6) is -7.86. The Bertz CT molecular complexity index is 2480. The van der Waals surface area contributed by atoms with Crippen molar-refractivity contribution >= 4 is 52.1 Å². The molecule has 2 aliphatic heterocycles. The van der Waals surface area contributed by atoms with E-state index in [4.69, 9.17) is 9.47 Å². The summed E-state index contributed by atoms with van der Waals surface area (Å²) in [5.41, 5.74) is 2.11. The molecular formula is C43H40N6O11. The molecular weight excluding hydrogens is 777 g/mol. The number of fused-ring (bicyclic) bond motifs is 4. The van der Waals surface area contributed by atoms with Crippen molar-refractivity contribution in [3.05, 3.63) is 127 Å². The summed E-state index contributed by atoms with van der Waals surface area (Å²) in [6.45, 7) is 1.90. The number of imide groups is 2. The molecule has 0 spiro atoms. The van der Waals surface area contributed by atoms with Crippen LogP contribution < -0.4 is 24.7 Å². The molecule has 60 heavy (non-hydrogen) atoms. The number of aromatic hydroxyl groups is 1. The van der Waals surface area contributed by atoms with E-state index in [-0.39, 0.29) is 41.5 Å². The molecule has 4 aromatic rings. The topological polar surface area (TPSA) is 215 Å². The number of nitrogens with one attached hydrogen (secondary N) is 1. The van der Waals surface area contributed by atoms with Crippen LogP contribution in [0.2, 0.25) is 0 Å². The van der Waals surface area contributed by atoms with Crippen LogP contribution >= 0.6 is 0 Å². The molecule has 2 saturated heterocycles. The van der Waals surface area contributed by atoms with Gasteiger partial charge in [0.25, 0.3) is 11.8 Å². The largest absolute Gasteiger partial charge is 0.508 e. The van der Waals surface area contributed by atoms with Gasteiger partial charge in [-0.15, -0.1) is 0 Å². The standard InChI is InChI=1S/C43H40N6O11/c1-22-11-13-24(14-12-22)44-47-40(52)30-21-29-27(37(36-33(59-4)19-26(50)20-34(36)60-5)43(30,42(47)54)23-9-7-6-8-10-23)15-16-28-35(29)41(53)46(39(28)51)25-17-31(48(55)56)38(45(2)3)32(18-25)49(57)58/h6-15,17-20,28-30,35,37,44,50H,16,21H2,1-5H3. The molecule has 0 aromatic heterocycles. The number of nitro groups is 2. The van der Waals surface area contributed by atoms with Gasteiger partial charge in [0.05, 0.1) is 58.6 Å². The van der Waals surface area contributed by atoms with Crippen LogP contribution in [0.15, 0.2) is 90.5 Å². The minimum atomic E-state index is -1.70. The summed E-state index contributed by atoms with van der Waals surface area (Å²) in [6.07, 6.45) is 1.70. The lowest BCUT2D eigenvalue weighted by molar-refractivity contribution is -0.392. The molecule has 17 heteroatoms. The minimum Gasteiger partial charge on any atom is -0.508 e. The number of benzene rings is 4. The molecule has 4 aromatic carbocycles. The molecule has 4 aliphatic rings. The second-order valence-corrected chi connectivity index (χ2v) is 15.6. The van der Waals surface area contributed by atoms with Gasteiger partial charge in [-0.2, -0.15) is 5.01 Å². The van der Waals surface area contributed by atoms with Crippen molar-refractivity contribution in [1.29, 1.82) is 0 Å². The molecule has 2 N–H and O–H groups in total. The molecule has 2 aliphatic carbocycles. The van der Waals surface area contributed by atoms with Gasteiger partial charge in [-0.3, -0.25) is 44.8 Å². The number of hydrogen-bond acceptors (Lipinski definition) is 13. The van der Waals surface area contributed by atoms with Gasteiger partial charge in [0, 0.05) is 49.8 Å². The first-order valence-corrected chi connectivity index (χ1v) is 19.1. The highest BCUT2D eigenvalue weighted by Crippen LogP contribution is 2.66. The van der Waals surface area contributed by atoms with Gasteiger partial charge in [-0.1, -0.05) is 59.7 Å². The first-order chi connectivity index (χ1) is 28.6. The number of aryl methyl sites for hydroxylation is 1. The Morgan fingerprint density at radius 2 is 1.43 bits per heavy atom. The third kappa shape index (κ3) is 5.74. The molecule has 1 saturated carbocycles. The summed E-state index contributed by atoms with van der Waals surface area (Å²) in [6, 6.07) is 20.6. The Kier molecular flexibility index (Phi) is 9.56. The molecule has 2 heterocycles. The van der Waals surface area contributed by atoms with Gasteiger partial charge >= 0.3 is 11.4 Å². The molecule has 0 bridgehead atoms. The van der Waals surface area contributed by atoms with Crippen LogP contribution in [-0.4, -0.2) is 71.9 Å². The van der Waals surface area contributed by atoms with Gasteiger partial charge < -0.3 is 19.5 Å². The van der Waals surface area contributed by atoms with Crippen molar-refractivity contribution < 1.29 is 43.6 Å². The molecule has 6 atom stereocenters. The molecule has 3 fully saturated rings. The van der Waals surface area contributed by atoms with Crippen LogP contribution in [0.3, 0.4) is 0 Å². The summed E-state index contributed by atoms with van der Waals surface area (Å²) >= 11 is 0. The third-order valence-electron chi connectivity index (χ3n) is 12.4. The first kappa shape index (κ1) is 39.5. The average molecular weight is 817 g/mol. The lowest BCUT2D eigenvalue weighted by atomic mass is 9.49. The van der Waals surface area contributed by atoms with Gasteiger partial charge in [-0.05, 0) is 43.4 Å². The minimum absolute atomic E-state index is 0.0141. The number of amides is 4. The van der Waals surface area contributed by atoms with Crippen molar-refractivity contribution in [1.82, 2.24) is 5.01 Å². The molecule has 17 nitrogen and oxygen atoms in total. The van der Waals surface area contributed by atoms with Gasteiger partial charge in [0.1, 0.15) is 17.2 Å². The lowest BCUT2D eigenvalue weighted by Crippen LogP contribution is -2.53. The zero-order valence-electron chi connectivity index (χ0n) is 33.1. The first-order valence-electron chi connectivity index (χ1n) is 19.1. The van der Waals surface area contributed by atoms with Crippen molar-refractivity contribution in [2.24, 2.45) is 23.7 Å². The number of phenolic OH excluding ortho intramolecular Hbond substituents is 1. The number of hydrazine groups is 1. The van der Waals surface area contributed by atoms with Crippen molar-refractivity contribution in [2.45, 2.75) is 31.1 Å². The fourth-order valence-electron chi connectivity index (χ4n) is 9.98. The summed E-state index contributed by atoms with van der Waals surface area (Å²) in [4.78, 5) is 84.9. The van der Waals surface area contributed by atoms with Crippen LogP contribution in [0, 0.1) is 50.8 Å². The second kappa shape index (κ2) is 14.5. The van der Waals surface area contributed by atoms with E-state index in [9.17, 15) is 34.9 Å². The Balaban J connectivity index is 1.34. The summed E-state index contributed by atoms with van der Waals surface area (Å²) in [7, 11) is 5.59. The van der Waals surface area contributed by atoms with Crippen molar-refractivity contribution in [2.75, 3.05) is 43.5 Å². The van der Waals surface area contributed by atoms with Crippen LogP contribution in [0.4, 0.5) is 28.4 Å². The van der Waals surface area contributed by atoms with E-state index in [1.165, 1.54) is 45.3 Å². The zero-order chi connectivity index (χ0) is 42.9. The van der Waals surface area contributed by atoms with Crippen LogP contribution in [-0.2, 0) is 24.6 Å². The van der Waals surface area contributed by atoms with Crippen LogP contribution in [0.25, 0.3) is 0 Å². The number of carbonyl (C=O) groups is 4. The summed E-state index contributed by atoms with van der Waals surface area (Å²) < 4.78 is 11.8. The SMILES string of the molecule is COc1cc(O)cc(OC)c1C1C2=CCC3C(=O)N(c4cc([N+](=O)[O-])c(N(C)C)c([N+](=O)[O-])c4)C(=O)C3C2CC2C(=O)N(Nc3ccc(C)cc3)C(=O)C21c1ccccc1. The quantitative estimate of drug-likeness (QED) is 0.0840. The highest BCUT2D eigenvalue weighted by atomic mass is 16.6. The number of ether oxygens (including phenoxy) is 2. The Morgan fingerprint density at radius 1 is 0.833 bits per heavy atom. The molecule has 308 valence electrons. The normalized spacial score (nSPS) is 24.4. The molecule has 6 unspecified atom stereocenters. The van der Waals surface area contributed by atoms with E-state index in [1.807, 2.05) is 19.1 Å². The van der Waals surface area contributed by atoms with Crippen molar-refractivity contribution in [3.8, 4) is 17.2 Å². The van der Waals surface area contributed by atoms with Crippen LogP contribution in [0.1, 0.15) is 35.4 Å². The Labute approximate surface area is 343 Å². The summed E-state index contributed by atoms with van der Waals surface area (Å²) in [5, 5.41) is 36.4. The number of rotatable bonds is 10. The molecule has 0 radical (unpaired) electrons. The zero-order valence-corrected chi connectivity index (χ0v) is 33.1.